The minimum absolute atomic E-state index is 0.352. The molecule has 0 fully saturated rings. The van der Waals surface area contributed by atoms with Crippen LogP contribution in [0.5, 0.6) is 5.75 Å². The molecule has 0 spiro atoms. The molecule has 0 N–H and O–H groups in total. The van der Waals surface area contributed by atoms with E-state index in [1.54, 1.807) is 24.9 Å². The van der Waals surface area contributed by atoms with Crippen molar-refractivity contribution in [1.29, 1.82) is 0 Å². The third-order valence-electron chi connectivity index (χ3n) is 2.91. The molecule has 0 unspecified atom stereocenters. The van der Waals surface area contributed by atoms with Crippen molar-refractivity contribution in [3.63, 3.8) is 0 Å². The van der Waals surface area contributed by atoms with E-state index in [2.05, 4.69) is 5.10 Å². The largest absolute Gasteiger partial charge is 0.496 e. The van der Waals surface area contributed by atoms with Crippen molar-refractivity contribution in [2.24, 2.45) is 0 Å². The smallest absolute Gasteiger partial charge is 0.341 e. The maximum absolute atomic E-state index is 11.6. The number of hydrogen-bond acceptors (Lipinski definition) is 4. The summed E-state index contributed by atoms with van der Waals surface area (Å²) in [6.45, 7) is 4.70. The van der Waals surface area contributed by atoms with E-state index in [4.69, 9.17) is 9.47 Å². The summed E-state index contributed by atoms with van der Waals surface area (Å²) in [6.07, 6.45) is 3.19. The number of benzene rings is 1. The summed E-state index contributed by atoms with van der Waals surface area (Å²) in [4.78, 5) is 11.6. The topological polar surface area (TPSA) is 53.3 Å². The van der Waals surface area contributed by atoms with E-state index in [0.717, 1.165) is 16.9 Å². The fourth-order valence-electron chi connectivity index (χ4n) is 1.98. The fourth-order valence-corrected chi connectivity index (χ4v) is 1.98. The minimum atomic E-state index is -0.352. The lowest BCUT2D eigenvalue weighted by Crippen LogP contribution is -2.04. The summed E-state index contributed by atoms with van der Waals surface area (Å²) in [5.41, 5.74) is 2.63. The van der Waals surface area contributed by atoms with Gasteiger partial charge in [0.15, 0.2) is 0 Å². The zero-order valence-corrected chi connectivity index (χ0v) is 11.9. The van der Waals surface area contributed by atoms with Crippen molar-refractivity contribution in [2.45, 2.75) is 20.4 Å². The van der Waals surface area contributed by atoms with Crippen LogP contribution in [0.15, 0.2) is 30.6 Å². The quantitative estimate of drug-likeness (QED) is 0.786. The van der Waals surface area contributed by atoms with Crippen LogP contribution in [0.1, 0.15) is 28.4 Å². The molecule has 1 aromatic carbocycles. The first-order valence-electron chi connectivity index (χ1n) is 6.47. The first-order chi connectivity index (χ1) is 9.63. The first kappa shape index (κ1) is 14.1. The van der Waals surface area contributed by atoms with Gasteiger partial charge in [-0.2, -0.15) is 5.10 Å². The van der Waals surface area contributed by atoms with Gasteiger partial charge in [0.1, 0.15) is 5.75 Å². The number of rotatable bonds is 5. The molecule has 20 heavy (non-hydrogen) atoms. The van der Waals surface area contributed by atoms with Crippen molar-refractivity contribution in [3.05, 3.63) is 47.3 Å². The molecule has 0 saturated heterocycles. The van der Waals surface area contributed by atoms with Gasteiger partial charge in [0, 0.05) is 11.8 Å². The average Bonchev–Trinajstić information content (AvgIpc) is 2.88. The van der Waals surface area contributed by atoms with Gasteiger partial charge in [0.05, 0.1) is 32.0 Å². The molecule has 0 amide bonds. The second-order valence-corrected chi connectivity index (χ2v) is 4.46. The molecule has 0 radical (unpaired) electrons. The van der Waals surface area contributed by atoms with Crippen LogP contribution in [0.3, 0.4) is 0 Å². The Morgan fingerprint density at radius 3 is 2.90 bits per heavy atom. The number of esters is 1. The van der Waals surface area contributed by atoms with E-state index < -0.39 is 0 Å². The van der Waals surface area contributed by atoms with Gasteiger partial charge in [-0.1, -0.05) is 17.7 Å². The second kappa shape index (κ2) is 6.23. The summed E-state index contributed by atoms with van der Waals surface area (Å²) in [6, 6.07) is 5.97. The molecule has 2 aromatic rings. The van der Waals surface area contributed by atoms with Crippen LogP contribution in [0.4, 0.5) is 0 Å². The summed E-state index contributed by atoms with van der Waals surface area (Å²) < 4.78 is 12.0. The molecule has 0 aliphatic heterocycles. The van der Waals surface area contributed by atoms with Crippen molar-refractivity contribution in [2.75, 3.05) is 13.7 Å². The van der Waals surface area contributed by atoms with Gasteiger partial charge in [-0.15, -0.1) is 0 Å². The summed E-state index contributed by atoms with van der Waals surface area (Å²) in [5.74, 6) is 0.457. The standard InChI is InChI=1S/C15H18N2O3/c1-4-20-15(18)13-8-16-17(10-13)9-12-7-11(2)5-6-14(12)19-3/h5-8,10H,4,9H2,1-3H3. The molecule has 5 nitrogen and oxygen atoms in total. The average molecular weight is 274 g/mol. The Kier molecular flexibility index (Phi) is 4.40. The molecule has 0 aliphatic carbocycles. The number of ether oxygens (including phenoxy) is 2. The zero-order valence-electron chi connectivity index (χ0n) is 11.9. The van der Waals surface area contributed by atoms with E-state index in [0.29, 0.717) is 18.7 Å². The number of aryl methyl sites for hydroxylation is 1. The number of methoxy groups -OCH3 is 1. The van der Waals surface area contributed by atoms with Gasteiger partial charge in [0.2, 0.25) is 0 Å². The number of aromatic nitrogens is 2. The van der Waals surface area contributed by atoms with Gasteiger partial charge in [-0.25, -0.2) is 4.79 Å². The van der Waals surface area contributed by atoms with Crippen molar-refractivity contribution in [1.82, 2.24) is 9.78 Å². The van der Waals surface area contributed by atoms with Crippen LogP contribution in [0.2, 0.25) is 0 Å². The van der Waals surface area contributed by atoms with E-state index >= 15 is 0 Å². The highest BCUT2D eigenvalue weighted by molar-refractivity contribution is 5.88. The normalized spacial score (nSPS) is 10.3. The van der Waals surface area contributed by atoms with Crippen LogP contribution >= 0.6 is 0 Å². The lowest BCUT2D eigenvalue weighted by Gasteiger charge is -2.09. The predicted octanol–water partition coefficient (Wildman–Crippen LogP) is 2.43. The Labute approximate surface area is 118 Å². The van der Waals surface area contributed by atoms with E-state index in [9.17, 15) is 4.79 Å². The van der Waals surface area contributed by atoms with Crippen LogP contribution in [-0.4, -0.2) is 29.5 Å². The molecule has 0 atom stereocenters. The summed E-state index contributed by atoms with van der Waals surface area (Å²) in [5, 5.41) is 4.18. The van der Waals surface area contributed by atoms with Gasteiger partial charge < -0.3 is 9.47 Å². The molecule has 106 valence electrons. The van der Waals surface area contributed by atoms with Gasteiger partial charge in [0.25, 0.3) is 0 Å². The zero-order chi connectivity index (χ0) is 14.5. The maximum atomic E-state index is 11.6. The minimum Gasteiger partial charge on any atom is -0.496 e. The van der Waals surface area contributed by atoms with Crippen LogP contribution in [0.25, 0.3) is 0 Å². The number of carbonyl (C=O) groups is 1. The van der Waals surface area contributed by atoms with Gasteiger partial charge in [-0.3, -0.25) is 4.68 Å². The first-order valence-corrected chi connectivity index (χ1v) is 6.47. The molecule has 5 heteroatoms. The van der Waals surface area contributed by atoms with Gasteiger partial charge >= 0.3 is 5.97 Å². The maximum Gasteiger partial charge on any atom is 0.341 e. The van der Waals surface area contributed by atoms with Crippen LogP contribution in [-0.2, 0) is 11.3 Å². The van der Waals surface area contributed by atoms with Crippen molar-refractivity contribution >= 4 is 5.97 Å². The summed E-state index contributed by atoms with van der Waals surface area (Å²) in [7, 11) is 1.64. The second-order valence-electron chi connectivity index (χ2n) is 4.46. The molecular weight excluding hydrogens is 256 g/mol. The highest BCUT2D eigenvalue weighted by atomic mass is 16.5. The molecule has 1 aromatic heterocycles. The molecular formula is C15H18N2O3. The van der Waals surface area contributed by atoms with Crippen LogP contribution in [0, 0.1) is 6.92 Å². The Bertz CT molecular complexity index is 605. The highest BCUT2D eigenvalue weighted by Gasteiger charge is 2.11. The summed E-state index contributed by atoms with van der Waals surface area (Å²) >= 11 is 0. The molecule has 1 heterocycles. The van der Waals surface area contributed by atoms with E-state index in [1.807, 2.05) is 25.1 Å². The third-order valence-corrected chi connectivity index (χ3v) is 2.91. The Balaban J connectivity index is 2.18. The lowest BCUT2D eigenvalue weighted by molar-refractivity contribution is 0.0526. The van der Waals surface area contributed by atoms with Crippen molar-refractivity contribution in [3.8, 4) is 5.75 Å². The predicted molar refractivity (Wildman–Crippen MR) is 75.0 cm³/mol. The molecule has 0 bridgehead atoms. The number of hydrogen-bond donors (Lipinski definition) is 0. The van der Waals surface area contributed by atoms with E-state index in [-0.39, 0.29) is 5.97 Å². The molecule has 0 aliphatic rings. The highest BCUT2D eigenvalue weighted by Crippen LogP contribution is 2.20. The lowest BCUT2D eigenvalue weighted by atomic mass is 10.1. The monoisotopic (exact) mass is 274 g/mol. The number of carbonyl (C=O) groups excluding carboxylic acids is 1. The van der Waals surface area contributed by atoms with Crippen molar-refractivity contribution < 1.29 is 14.3 Å². The third kappa shape index (κ3) is 3.17. The Hall–Kier alpha value is -2.30. The number of nitrogens with zero attached hydrogens (tertiary/aromatic N) is 2. The fraction of sp³-hybridized carbons (Fsp3) is 0.333. The molecule has 2 rings (SSSR count). The SMILES string of the molecule is CCOC(=O)c1cnn(Cc2cc(C)ccc2OC)c1. The van der Waals surface area contributed by atoms with Gasteiger partial charge in [-0.05, 0) is 19.9 Å². The Morgan fingerprint density at radius 2 is 2.20 bits per heavy atom. The van der Waals surface area contributed by atoms with E-state index in [1.165, 1.54) is 6.20 Å². The molecule has 0 saturated carbocycles. The Morgan fingerprint density at radius 1 is 1.40 bits per heavy atom. The van der Waals surface area contributed by atoms with Crippen LogP contribution < -0.4 is 4.74 Å².